The summed E-state index contributed by atoms with van der Waals surface area (Å²) < 4.78 is 0. The third kappa shape index (κ3) is 3.28. The van der Waals surface area contributed by atoms with Crippen molar-refractivity contribution in [2.24, 2.45) is 0 Å². The zero-order valence-corrected chi connectivity index (χ0v) is 9.40. The molecule has 0 unspecified atom stereocenters. The van der Waals surface area contributed by atoms with Crippen LogP contribution in [0.5, 0.6) is 5.75 Å². The first-order valence-corrected chi connectivity index (χ1v) is 5.44. The molecule has 0 heterocycles. The number of hydrogen-bond acceptors (Lipinski definition) is 1. The van der Waals surface area contributed by atoms with E-state index in [4.69, 9.17) is 0 Å². The highest BCUT2D eigenvalue weighted by Gasteiger charge is 2.00. The van der Waals surface area contributed by atoms with Gasteiger partial charge in [0.1, 0.15) is 5.75 Å². The zero-order valence-electron chi connectivity index (χ0n) is 9.40. The standard InChI is InChI=1S/C14H18O/c1-3-5-8-12-10-7-11-13(14(12)15)9-6-4-2/h5-11,15H,3-4H2,1-2H3. The second-order valence-electron chi connectivity index (χ2n) is 3.41. The van der Waals surface area contributed by atoms with Gasteiger partial charge in [-0.25, -0.2) is 0 Å². The summed E-state index contributed by atoms with van der Waals surface area (Å²) in [4.78, 5) is 0. The molecule has 1 heteroatoms. The zero-order chi connectivity index (χ0) is 11.1. The van der Waals surface area contributed by atoms with Gasteiger partial charge in [0.25, 0.3) is 0 Å². The molecule has 1 N–H and O–H groups in total. The van der Waals surface area contributed by atoms with Gasteiger partial charge in [-0.3, -0.25) is 0 Å². The number of allylic oxidation sites excluding steroid dienone is 2. The lowest BCUT2D eigenvalue weighted by Crippen LogP contribution is -1.79. The normalized spacial score (nSPS) is 11.6. The number of para-hydroxylation sites is 1. The first-order chi connectivity index (χ1) is 7.29. The maximum Gasteiger partial charge on any atom is 0.129 e. The van der Waals surface area contributed by atoms with Crippen molar-refractivity contribution in [1.82, 2.24) is 0 Å². The quantitative estimate of drug-likeness (QED) is 0.774. The number of rotatable bonds is 4. The number of benzene rings is 1. The van der Waals surface area contributed by atoms with Gasteiger partial charge in [0, 0.05) is 11.1 Å². The number of aromatic hydroxyl groups is 1. The lowest BCUT2D eigenvalue weighted by Gasteiger charge is -2.02. The summed E-state index contributed by atoms with van der Waals surface area (Å²) in [5.41, 5.74) is 1.77. The fourth-order valence-corrected chi connectivity index (χ4v) is 1.34. The van der Waals surface area contributed by atoms with E-state index in [-0.39, 0.29) is 0 Å². The Bertz CT molecular complexity index is 329. The Kier molecular flexibility index (Phi) is 4.69. The van der Waals surface area contributed by atoms with Crippen LogP contribution in [-0.2, 0) is 0 Å². The van der Waals surface area contributed by atoms with Crippen molar-refractivity contribution in [3.05, 3.63) is 41.5 Å². The van der Waals surface area contributed by atoms with E-state index in [0.717, 1.165) is 24.0 Å². The monoisotopic (exact) mass is 202 g/mol. The molecule has 1 aromatic rings. The second kappa shape index (κ2) is 6.07. The summed E-state index contributed by atoms with van der Waals surface area (Å²) in [6, 6.07) is 5.81. The topological polar surface area (TPSA) is 20.2 Å². The van der Waals surface area contributed by atoms with E-state index < -0.39 is 0 Å². The van der Waals surface area contributed by atoms with E-state index in [1.807, 2.05) is 42.5 Å². The predicted molar refractivity (Wildman–Crippen MR) is 66.8 cm³/mol. The van der Waals surface area contributed by atoms with E-state index in [1.165, 1.54) is 0 Å². The van der Waals surface area contributed by atoms with E-state index >= 15 is 0 Å². The van der Waals surface area contributed by atoms with Crippen LogP contribution in [0.15, 0.2) is 30.4 Å². The molecule has 0 fully saturated rings. The molecule has 0 aliphatic heterocycles. The Labute approximate surface area is 91.8 Å². The van der Waals surface area contributed by atoms with E-state index in [9.17, 15) is 5.11 Å². The molecule has 1 rings (SSSR count). The highest BCUT2D eigenvalue weighted by atomic mass is 16.3. The molecule has 0 spiro atoms. The molecule has 0 saturated heterocycles. The number of phenolic OH excluding ortho intramolecular Hbond substituents is 1. The minimum atomic E-state index is 0.368. The minimum absolute atomic E-state index is 0.368. The van der Waals surface area contributed by atoms with Crippen LogP contribution >= 0.6 is 0 Å². The maximum atomic E-state index is 9.94. The van der Waals surface area contributed by atoms with Gasteiger partial charge in [0.05, 0.1) is 0 Å². The Hall–Kier alpha value is -1.50. The van der Waals surface area contributed by atoms with Gasteiger partial charge in [-0.1, -0.05) is 56.4 Å². The van der Waals surface area contributed by atoms with E-state index in [2.05, 4.69) is 13.8 Å². The Balaban J connectivity index is 3.00. The lowest BCUT2D eigenvalue weighted by molar-refractivity contribution is 0.473. The summed E-state index contributed by atoms with van der Waals surface area (Å²) in [7, 11) is 0. The molecule has 0 bridgehead atoms. The van der Waals surface area contributed by atoms with Crippen LogP contribution in [0.2, 0.25) is 0 Å². The highest BCUT2D eigenvalue weighted by molar-refractivity contribution is 5.67. The number of hydrogen-bond donors (Lipinski definition) is 1. The summed E-state index contributed by atoms with van der Waals surface area (Å²) in [6.07, 6.45) is 9.96. The molecular weight excluding hydrogens is 184 g/mol. The van der Waals surface area contributed by atoms with Crippen LogP contribution in [0.3, 0.4) is 0 Å². The second-order valence-corrected chi connectivity index (χ2v) is 3.41. The fraction of sp³-hybridized carbons (Fsp3) is 0.286. The third-order valence-electron chi connectivity index (χ3n) is 2.16. The van der Waals surface area contributed by atoms with Crippen molar-refractivity contribution in [2.45, 2.75) is 26.7 Å². The smallest absolute Gasteiger partial charge is 0.129 e. The largest absolute Gasteiger partial charge is 0.507 e. The highest BCUT2D eigenvalue weighted by Crippen LogP contribution is 2.25. The molecule has 15 heavy (non-hydrogen) atoms. The third-order valence-corrected chi connectivity index (χ3v) is 2.16. The van der Waals surface area contributed by atoms with Crippen LogP contribution in [0.1, 0.15) is 37.8 Å². The lowest BCUT2D eigenvalue weighted by atomic mass is 10.1. The Morgan fingerprint density at radius 3 is 1.87 bits per heavy atom. The van der Waals surface area contributed by atoms with Crippen molar-refractivity contribution in [3.8, 4) is 5.75 Å². The van der Waals surface area contributed by atoms with E-state index in [0.29, 0.717) is 5.75 Å². The molecule has 0 amide bonds. The molecule has 0 saturated carbocycles. The fourth-order valence-electron chi connectivity index (χ4n) is 1.34. The number of phenols is 1. The molecule has 0 atom stereocenters. The first-order valence-electron chi connectivity index (χ1n) is 5.44. The van der Waals surface area contributed by atoms with Crippen LogP contribution in [0.25, 0.3) is 12.2 Å². The first kappa shape index (κ1) is 11.6. The maximum absolute atomic E-state index is 9.94. The van der Waals surface area contributed by atoms with Gasteiger partial charge >= 0.3 is 0 Å². The van der Waals surface area contributed by atoms with Crippen LogP contribution in [0, 0.1) is 0 Å². The Morgan fingerprint density at radius 2 is 1.47 bits per heavy atom. The van der Waals surface area contributed by atoms with Gasteiger partial charge in [-0.15, -0.1) is 0 Å². The summed E-state index contributed by atoms with van der Waals surface area (Å²) in [5, 5.41) is 9.94. The minimum Gasteiger partial charge on any atom is -0.507 e. The van der Waals surface area contributed by atoms with Gasteiger partial charge in [-0.05, 0) is 12.8 Å². The van der Waals surface area contributed by atoms with Crippen LogP contribution in [-0.4, -0.2) is 5.11 Å². The SMILES string of the molecule is CCC=Cc1cccc(C=CCC)c1O. The molecule has 0 radical (unpaired) electrons. The van der Waals surface area contributed by atoms with Gasteiger partial charge in [0.15, 0.2) is 0 Å². The summed E-state index contributed by atoms with van der Waals surface area (Å²) in [6.45, 7) is 4.16. The van der Waals surface area contributed by atoms with Crippen molar-refractivity contribution >= 4 is 12.2 Å². The van der Waals surface area contributed by atoms with Crippen molar-refractivity contribution < 1.29 is 5.11 Å². The van der Waals surface area contributed by atoms with Crippen molar-refractivity contribution in [2.75, 3.05) is 0 Å². The average Bonchev–Trinajstić information content (AvgIpc) is 2.26. The van der Waals surface area contributed by atoms with Crippen molar-refractivity contribution in [3.63, 3.8) is 0 Å². The summed E-state index contributed by atoms with van der Waals surface area (Å²) >= 11 is 0. The van der Waals surface area contributed by atoms with Crippen LogP contribution < -0.4 is 0 Å². The van der Waals surface area contributed by atoms with Crippen molar-refractivity contribution in [1.29, 1.82) is 0 Å². The summed E-state index contributed by atoms with van der Waals surface area (Å²) in [5.74, 6) is 0.368. The van der Waals surface area contributed by atoms with Gasteiger partial charge < -0.3 is 5.11 Å². The van der Waals surface area contributed by atoms with Gasteiger partial charge in [-0.2, -0.15) is 0 Å². The molecule has 1 aromatic carbocycles. The molecule has 0 aliphatic carbocycles. The molecule has 80 valence electrons. The Morgan fingerprint density at radius 1 is 1.00 bits per heavy atom. The molecule has 1 nitrogen and oxygen atoms in total. The van der Waals surface area contributed by atoms with Gasteiger partial charge in [0.2, 0.25) is 0 Å². The molecule has 0 aliphatic rings. The van der Waals surface area contributed by atoms with Crippen LogP contribution in [0.4, 0.5) is 0 Å². The molecule has 0 aromatic heterocycles. The average molecular weight is 202 g/mol. The van der Waals surface area contributed by atoms with E-state index in [1.54, 1.807) is 0 Å². The predicted octanol–water partition coefficient (Wildman–Crippen LogP) is 4.24. The molecular formula is C14H18O.